The quantitative estimate of drug-likeness (QED) is 0.155. The van der Waals surface area contributed by atoms with E-state index in [1.807, 2.05) is 24.3 Å². The van der Waals surface area contributed by atoms with E-state index in [9.17, 15) is 5.11 Å². The van der Waals surface area contributed by atoms with E-state index >= 15 is 0 Å². The Morgan fingerprint density at radius 3 is 1.52 bits per heavy atom. The molecule has 33 heavy (non-hydrogen) atoms. The average Bonchev–Trinajstić information content (AvgIpc) is 2.84. The minimum atomic E-state index is -0.399. The lowest BCUT2D eigenvalue weighted by Gasteiger charge is -2.16. The maximum absolute atomic E-state index is 10.6. The third-order valence-corrected chi connectivity index (χ3v) is 6.86. The SMILES string of the molecule is CCCCCCCCCCCCCCCCCCOc1ccccc1C(O)CCCCCC. The second-order valence-electron chi connectivity index (χ2n) is 10.1. The van der Waals surface area contributed by atoms with Crippen LogP contribution in [0.3, 0.4) is 0 Å². The molecule has 0 saturated heterocycles. The zero-order valence-corrected chi connectivity index (χ0v) is 22.3. The predicted octanol–water partition coefficient (Wildman–Crippen LogP) is 10.3. The molecule has 0 fully saturated rings. The molecule has 1 aromatic rings. The fourth-order valence-electron chi connectivity index (χ4n) is 4.64. The van der Waals surface area contributed by atoms with Crippen LogP contribution in [0.5, 0.6) is 5.75 Å². The van der Waals surface area contributed by atoms with Gasteiger partial charge in [-0.25, -0.2) is 0 Å². The molecule has 1 rings (SSSR count). The van der Waals surface area contributed by atoms with Crippen LogP contribution >= 0.6 is 0 Å². The summed E-state index contributed by atoms with van der Waals surface area (Å²) >= 11 is 0. The molecular formula is C31H56O2. The van der Waals surface area contributed by atoms with Crippen molar-refractivity contribution in [3.8, 4) is 5.75 Å². The van der Waals surface area contributed by atoms with Crippen molar-refractivity contribution in [3.05, 3.63) is 29.8 Å². The highest BCUT2D eigenvalue weighted by Crippen LogP contribution is 2.29. The smallest absolute Gasteiger partial charge is 0.125 e. The van der Waals surface area contributed by atoms with Crippen molar-refractivity contribution in [2.45, 2.75) is 155 Å². The first-order valence-electron chi connectivity index (χ1n) is 14.7. The van der Waals surface area contributed by atoms with E-state index < -0.39 is 6.10 Å². The molecule has 0 saturated carbocycles. The fourth-order valence-corrected chi connectivity index (χ4v) is 4.64. The highest BCUT2D eigenvalue weighted by Gasteiger charge is 2.12. The molecule has 0 aromatic heterocycles. The molecule has 0 aliphatic heterocycles. The lowest BCUT2D eigenvalue weighted by atomic mass is 10.0. The van der Waals surface area contributed by atoms with Gasteiger partial charge in [-0.05, 0) is 18.9 Å². The minimum Gasteiger partial charge on any atom is -0.493 e. The van der Waals surface area contributed by atoms with Crippen LogP contribution in [0.2, 0.25) is 0 Å². The number of aliphatic hydroxyl groups is 1. The lowest BCUT2D eigenvalue weighted by molar-refractivity contribution is 0.157. The Bertz CT molecular complexity index is 527. The number of para-hydroxylation sites is 1. The molecule has 1 N–H and O–H groups in total. The molecule has 1 atom stereocenters. The largest absolute Gasteiger partial charge is 0.493 e. The maximum Gasteiger partial charge on any atom is 0.125 e. The second-order valence-corrected chi connectivity index (χ2v) is 10.1. The van der Waals surface area contributed by atoms with Crippen molar-refractivity contribution in [1.29, 1.82) is 0 Å². The van der Waals surface area contributed by atoms with Crippen molar-refractivity contribution >= 4 is 0 Å². The van der Waals surface area contributed by atoms with E-state index in [0.717, 1.165) is 37.2 Å². The van der Waals surface area contributed by atoms with E-state index in [1.165, 1.54) is 116 Å². The summed E-state index contributed by atoms with van der Waals surface area (Å²) in [6.07, 6.45) is 27.4. The van der Waals surface area contributed by atoms with Crippen molar-refractivity contribution in [3.63, 3.8) is 0 Å². The summed E-state index contributed by atoms with van der Waals surface area (Å²) in [4.78, 5) is 0. The van der Waals surface area contributed by atoms with Crippen LogP contribution in [0.15, 0.2) is 24.3 Å². The fraction of sp³-hybridized carbons (Fsp3) is 0.806. The number of rotatable bonds is 24. The molecule has 0 heterocycles. The Hall–Kier alpha value is -1.02. The number of aliphatic hydroxyl groups excluding tert-OH is 1. The molecule has 0 spiro atoms. The number of hydrogen-bond donors (Lipinski definition) is 1. The Morgan fingerprint density at radius 1 is 0.576 bits per heavy atom. The molecule has 1 aromatic carbocycles. The standard InChI is InChI=1S/C31H56O2/c1-3-5-7-9-10-11-12-13-14-15-16-17-18-19-20-24-28-33-31-27-23-22-25-29(31)30(32)26-21-8-6-4-2/h22-23,25,27,30,32H,3-21,24,26,28H2,1-2H3. The van der Waals surface area contributed by atoms with Gasteiger partial charge in [-0.15, -0.1) is 0 Å². The summed E-state index contributed by atoms with van der Waals surface area (Å²) in [6, 6.07) is 8.05. The van der Waals surface area contributed by atoms with Crippen LogP contribution in [0.1, 0.15) is 160 Å². The van der Waals surface area contributed by atoms with E-state index in [0.29, 0.717) is 0 Å². The van der Waals surface area contributed by atoms with E-state index in [4.69, 9.17) is 4.74 Å². The van der Waals surface area contributed by atoms with Gasteiger partial charge in [0.25, 0.3) is 0 Å². The van der Waals surface area contributed by atoms with Gasteiger partial charge in [0.2, 0.25) is 0 Å². The van der Waals surface area contributed by atoms with Crippen molar-refractivity contribution in [1.82, 2.24) is 0 Å². The summed E-state index contributed by atoms with van der Waals surface area (Å²) in [5.74, 6) is 0.876. The van der Waals surface area contributed by atoms with Crippen LogP contribution < -0.4 is 4.74 Å². The van der Waals surface area contributed by atoms with Crippen LogP contribution in [0, 0.1) is 0 Å². The van der Waals surface area contributed by atoms with Crippen molar-refractivity contribution in [2.75, 3.05) is 6.61 Å². The molecule has 192 valence electrons. The third-order valence-electron chi connectivity index (χ3n) is 6.86. The highest BCUT2D eigenvalue weighted by molar-refractivity contribution is 5.35. The summed E-state index contributed by atoms with van der Waals surface area (Å²) in [6.45, 7) is 5.27. The Kier molecular flexibility index (Phi) is 20.7. The van der Waals surface area contributed by atoms with Gasteiger partial charge in [-0.2, -0.15) is 0 Å². The molecule has 0 aliphatic carbocycles. The monoisotopic (exact) mass is 460 g/mol. The maximum atomic E-state index is 10.6. The lowest BCUT2D eigenvalue weighted by Crippen LogP contribution is -2.04. The van der Waals surface area contributed by atoms with Gasteiger partial charge >= 0.3 is 0 Å². The summed E-state index contributed by atoms with van der Waals surface area (Å²) in [5.41, 5.74) is 0.963. The molecule has 0 bridgehead atoms. The molecule has 1 unspecified atom stereocenters. The molecule has 2 heteroatoms. The normalized spacial score (nSPS) is 12.2. The first-order valence-corrected chi connectivity index (χ1v) is 14.7. The molecular weight excluding hydrogens is 404 g/mol. The summed E-state index contributed by atoms with van der Waals surface area (Å²) < 4.78 is 6.04. The van der Waals surface area contributed by atoms with Crippen molar-refractivity contribution in [2.24, 2.45) is 0 Å². The zero-order chi connectivity index (χ0) is 23.8. The van der Waals surface area contributed by atoms with Gasteiger partial charge in [0.05, 0.1) is 12.7 Å². The topological polar surface area (TPSA) is 29.5 Å². The van der Waals surface area contributed by atoms with E-state index in [-0.39, 0.29) is 0 Å². The number of ether oxygens (including phenoxy) is 1. The van der Waals surface area contributed by atoms with Crippen LogP contribution in [-0.4, -0.2) is 11.7 Å². The van der Waals surface area contributed by atoms with Gasteiger partial charge in [0.1, 0.15) is 5.75 Å². The Labute approximate surface area is 206 Å². The van der Waals surface area contributed by atoms with Gasteiger partial charge < -0.3 is 9.84 Å². The van der Waals surface area contributed by atoms with Crippen LogP contribution in [0.4, 0.5) is 0 Å². The number of benzene rings is 1. The van der Waals surface area contributed by atoms with E-state index in [1.54, 1.807) is 0 Å². The number of unbranched alkanes of at least 4 members (excludes halogenated alkanes) is 18. The third kappa shape index (κ3) is 17.1. The van der Waals surface area contributed by atoms with Gasteiger partial charge in [0.15, 0.2) is 0 Å². The number of hydrogen-bond acceptors (Lipinski definition) is 2. The molecule has 0 amide bonds. The molecule has 0 radical (unpaired) electrons. The first kappa shape index (κ1) is 30.0. The molecule has 2 nitrogen and oxygen atoms in total. The van der Waals surface area contributed by atoms with Crippen molar-refractivity contribution < 1.29 is 9.84 Å². The predicted molar refractivity (Wildman–Crippen MR) is 145 cm³/mol. The Morgan fingerprint density at radius 2 is 1.00 bits per heavy atom. The van der Waals surface area contributed by atoms with Gasteiger partial charge in [-0.1, -0.05) is 154 Å². The minimum absolute atomic E-state index is 0.399. The average molecular weight is 461 g/mol. The van der Waals surface area contributed by atoms with Crippen LogP contribution in [0.25, 0.3) is 0 Å². The first-order chi connectivity index (χ1) is 16.3. The van der Waals surface area contributed by atoms with Crippen LogP contribution in [-0.2, 0) is 0 Å². The highest BCUT2D eigenvalue weighted by atomic mass is 16.5. The van der Waals surface area contributed by atoms with Gasteiger partial charge in [-0.3, -0.25) is 0 Å². The molecule has 0 aliphatic rings. The Balaban J connectivity index is 1.96. The van der Waals surface area contributed by atoms with E-state index in [2.05, 4.69) is 13.8 Å². The summed E-state index contributed by atoms with van der Waals surface area (Å²) in [5, 5.41) is 10.6. The second kappa shape index (κ2) is 22.8. The zero-order valence-electron chi connectivity index (χ0n) is 22.3. The summed E-state index contributed by atoms with van der Waals surface area (Å²) in [7, 11) is 0. The van der Waals surface area contributed by atoms with Gasteiger partial charge in [0, 0.05) is 5.56 Å².